The number of aromatic nitrogens is 5. The second-order valence-corrected chi connectivity index (χ2v) is 4.49. The second-order valence-electron chi connectivity index (χ2n) is 4.49. The third kappa shape index (κ3) is 2.52. The number of halogens is 1. The third-order valence-corrected chi connectivity index (χ3v) is 3.07. The van der Waals surface area contributed by atoms with Crippen molar-refractivity contribution in [3.8, 4) is 0 Å². The van der Waals surface area contributed by atoms with Crippen LogP contribution in [-0.2, 0) is 13.1 Å². The Morgan fingerprint density at radius 3 is 2.67 bits per heavy atom. The van der Waals surface area contributed by atoms with Crippen LogP contribution < -0.4 is 11.1 Å². The van der Waals surface area contributed by atoms with Gasteiger partial charge < -0.3 is 11.1 Å². The fourth-order valence-corrected chi connectivity index (χ4v) is 2.04. The summed E-state index contributed by atoms with van der Waals surface area (Å²) in [5, 5.41) is 11.1. The zero-order chi connectivity index (χ0) is 14.8. The molecule has 3 N–H and O–H groups in total. The van der Waals surface area contributed by atoms with Crippen LogP contribution in [0, 0.1) is 5.82 Å². The average molecular weight is 287 g/mol. The number of anilines is 1. The number of hydrogen-bond acceptors (Lipinski definition) is 6. The fraction of sp³-hybridized carbons (Fsp3) is 0.231. The minimum absolute atomic E-state index is 0.229. The molecule has 2 heterocycles. The van der Waals surface area contributed by atoms with Gasteiger partial charge >= 0.3 is 0 Å². The summed E-state index contributed by atoms with van der Waals surface area (Å²) in [5.41, 5.74) is 7.69. The Bertz CT molecular complexity index is 766. The zero-order valence-electron chi connectivity index (χ0n) is 11.4. The van der Waals surface area contributed by atoms with Crippen LogP contribution in [0.25, 0.3) is 11.2 Å². The smallest absolute Gasteiger partial charge is 0.184 e. The lowest BCUT2D eigenvalue weighted by Gasteiger charge is -2.05. The highest BCUT2D eigenvalue weighted by molar-refractivity contribution is 5.82. The Morgan fingerprint density at radius 2 is 2.00 bits per heavy atom. The predicted octanol–water partition coefficient (Wildman–Crippen LogP) is 0.909. The molecule has 0 aliphatic heterocycles. The molecule has 3 aromatic rings. The van der Waals surface area contributed by atoms with Crippen LogP contribution >= 0.6 is 0 Å². The SMILES string of the molecule is CNc1nc(CN)nc2c1nnn2Cc1ccc(F)cc1. The number of benzene rings is 1. The lowest BCUT2D eigenvalue weighted by atomic mass is 10.2. The van der Waals surface area contributed by atoms with E-state index in [1.165, 1.54) is 12.1 Å². The van der Waals surface area contributed by atoms with Crippen molar-refractivity contribution in [3.05, 3.63) is 41.5 Å². The molecule has 0 saturated carbocycles. The third-order valence-electron chi connectivity index (χ3n) is 3.07. The van der Waals surface area contributed by atoms with Gasteiger partial charge in [-0.05, 0) is 17.7 Å². The van der Waals surface area contributed by atoms with Gasteiger partial charge in [-0.3, -0.25) is 0 Å². The van der Waals surface area contributed by atoms with Crippen molar-refractivity contribution in [3.63, 3.8) is 0 Å². The van der Waals surface area contributed by atoms with Crippen LogP contribution in [0.2, 0.25) is 0 Å². The lowest BCUT2D eigenvalue weighted by molar-refractivity contribution is 0.623. The normalized spacial score (nSPS) is 11.0. The van der Waals surface area contributed by atoms with E-state index in [9.17, 15) is 4.39 Å². The summed E-state index contributed by atoms with van der Waals surface area (Å²) in [4.78, 5) is 8.62. The summed E-state index contributed by atoms with van der Waals surface area (Å²) < 4.78 is 14.6. The Morgan fingerprint density at radius 1 is 1.24 bits per heavy atom. The molecule has 0 amide bonds. The molecule has 0 bridgehead atoms. The molecule has 1 aromatic carbocycles. The van der Waals surface area contributed by atoms with Gasteiger partial charge in [-0.2, -0.15) is 0 Å². The molecule has 2 aromatic heterocycles. The molecule has 0 unspecified atom stereocenters. The first kappa shape index (κ1) is 13.4. The number of nitrogens with zero attached hydrogens (tertiary/aromatic N) is 5. The maximum Gasteiger partial charge on any atom is 0.184 e. The highest BCUT2D eigenvalue weighted by Gasteiger charge is 2.13. The Labute approximate surface area is 120 Å². The summed E-state index contributed by atoms with van der Waals surface area (Å²) in [7, 11) is 1.75. The van der Waals surface area contributed by atoms with Crippen LogP contribution in [0.5, 0.6) is 0 Å². The molecule has 0 atom stereocenters. The minimum Gasteiger partial charge on any atom is -0.371 e. The van der Waals surface area contributed by atoms with E-state index in [2.05, 4.69) is 25.6 Å². The largest absolute Gasteiger partial charge is 0.371 e. The van der Waals surface area contributed by atoms with E-state index in [1.807, 2.05) is 0 Å². The zero-order valence-corrected chi connectivity index (χ0v) is 11.4. The maximum atomic E-state index is 12.9. The van der Waals surface area contributed by atoms with Crippen molar-refractivity contribution in [1.82, 2.24) is 25.0 Å². The first-order valence-electron chi connectivity index (χ1n) is 6.43. The van der Waals surface area contributed by atoms with Gasteiger partial charge in [0.05, 0.1) is 13.1 Å². The lowest BCUT2D eigenvalue weighted by Crippen LogP contribution is -2.09. The van der Waals surface area contributed by atoms with Crippen LogP contribution in [-0.4, -0.2) is 32.0 Å². The van der Waals surface area contributed by atoms with Gasteiger partial charge in [0.1, 0.15) is 11.6 Å². The number of fused-ring (bicyclic) bond motifs is 1. The van der Waals surface area contributed by atoms with Crippen molar-refractivity contribution < 1.29 is 4.39 Å². The van der Waals surface area contributed by atoms with E-state index in [1.54, 1.807) is 23.9 Å². The highest BCUT2D eigenvalue weighted by Crippen LogP contribution is 2.18. The first-order valence-corrected chi connectivity index (χ1v) is 6.43. The van der Waals surface area contributed by atoms with Crippen molar-refractivity contribution in [2.75, 3.05) is 12.4 Å². The summed E-state index contributed by atoms with van der Waals surface area (Å²) in [6.45, 7) is 0.674. The Hall–Kier alpha value is -2.61. The van der Waals surface area contributed by atoms with Gasteiger partial charge in [0, 0.05) is 7.05 Å². The van der Waals surface area contributed by atoms with E-state index in [0.717, 1.165) is 5.56 Å². The van der Waals surface area contributed by atoms with Crippen LogP contribution in [0.1, 0.15) is 11.4 Å². The van der Waals surface area contributed by atoms with Gasteiger partial charge in [0.25, 0.3) is 0 Å². The van der Waals surface area contributed by atoms with Gasteiger partial charge in [-0.25, -0.2) is 19.0 Å². The number of nitrogens with one attached hydrogen (secondary N) is 1. The van der Waals surface area contributed by atoms with Gasteiger partial charge in [0.2, 0.25) is 0 Å². The van der Waals surface area contributed by atoms with E-state index < -0.39 is 0 Å². The molecule has 0 radical (unpaired) electrons. The van der Waals surface area contributed by atoms with Crippen LogP contribution in [0.3, 0.4) is 0 Å². The topological polar surface area (TPSA) is 94.5 Å². The predicted molar refractivity (Wildman–Crippen MR) is 76.1 cm³/mol. The van der Waals surface area contributed by atoms with E-state index in [0.29, 0.717) is 29.4 Å². The molecule has 0 spiro atoms. The molecule has 3 rings (SSSR count). The molecule has 108 valence electrons. The van der Waals surface area contributed by atoms with Crippen LogP contribution in [0.15, 0.2) is 24.3 Å². The van der Waals surface area contributed by atoms with Gasteiger partial charge in [-0.1, -0.05) is 17.3 Å². The Balaban J connectivity index is 2.04. The van der Waals surface area contributed by atoms with Crippen molar-refractivity contribution in [2.45, 2.75) is 13.1 Å². The monoisotopic (exact) mass is 287 g/mol. The fourth-order valence-electron chi connectivity index (χ4n) is 2.04. The maximum absolute atomic E-state index is 12.9. The van der Waals surface area contributed by atoms with Crippen molar-refractivity contribution in [1.29, 1.82) is 0 Å². The number of rotatable bonds is 4. The highest BCUT2D eigenvalue weighted by atomic mass is 19.1. The minimum atomic E-state index is -0.271. The number of hydrogen-bond donors (Lipinski definition) is 2. The quantitative estimate of drug-likeness (QED) is 0.740. The molecular formula is C13H14FN7. The molecule has 21 heavy (non-hydrogen) atoms. The molecular weight excluding hydrogens is 273 g/mol. The van der Waals surface area contributed by atoms with Gasteiger partial charge in [0.15, 0.2) is 17.0 Å². The summed E-state index contributed by atoms with van der Waals surface area (Å²) in [6, 6.07) is 6.22. The molecule has 0 aliphatic rings. The summed E-state index contributed by atoms with van der Waals surface area (Å²) >= 11 is 0. The number of nitrogens with two attached hydrogens (primary N) is 1. The molecule has 0 aliphatic carbocycles. The Kier molecular flexibility index (Phi) is 3.44. The van der Waals surface area contributed by atoms with Crippen molar-refractivity contribution in [2.24, 2.45) is 5.73 Å². The molecule has 0 fully saturated rings. The van der Waals surface area contributed by atoms with Gasteiger partial charge in [-0.15, -0.1) is 5.10 Å². The summed E-state index contributed by atoms with van der Waals surface area (Å²) in [5.74, 6) is 0.827. The molecule has 7 nitrogen and oxygen atoms in total. The standard InChI is InChI=1S/C13H14FN7/c1-16-12-11-13(18-10(6-15)17-12)21(20-19-11)7-8-2-4-9(14)5-3-8/h2-5H,6-7,15H2,1H3,(H,16,17,18). The molecule has 8 heteroatoms. The van der Waals surface area contributed by atoms with Crippen molar-refractivity contribution >= 4 is 17.0 Å². The van der Waals surface area contributed by atoms with E-state index >= 15 is 0 Å². The first-order chi connectivity index (χ1) is 10.2. The average Bonchev–Trinajstić information content (AvgIpc) is 2.91. The van der Waals surface area contributed by atoms with E-state index in [-0.39, 0.29) is 12.4 Å². The molecule has 0 saturated heterocycles. The van der Waals surface area contributed by atoms with Crippen LogP contribution in [0.4, 0.5) is 10.2 Å². The second kappa shape index (κ2) is 5.41. The van der Waals surface area contributed by atoms with E-state index in [4.69, 9.17) is 5.73 Å². The summed E-state index contributed by atoms with van der Waals surface area (Å²) in [6.07, 6.45) is 0.